The van der Waals surface area contributed by atoms with Crippen molar-refractivity contribution in [3.63, 3.8) is 0 Å². The fraction of sp³-hybridized carbons (Fsp3) is 0.667. The lowest BCUT2D eigenvalue weighted by Gasteiger charge is -1.99. The first-order valence-corrected chi connectivity index (χ1v) is 3.62. The Balaban J connectivity index is 2.29. The van der Waals surface area contributed by atoms with Crippen LogP contribution in [0.1, 0.15) is 24.6 Å². The molecule has 1 aromatic rings. The lowest BCUT2D eigenvalue weighted by molar-refractivity contribution is -0.159. The van der Waals surface area contributed by atoms with Crippen LogP contribution in [0.2, 0.25) is 0 Å². The molecule has 0 unspecified atom stereocenters. The molecular formula is C6H6F3N3O. The lowest BCUT2D eigenvalue weighted by atomic mass is 10.3. The zero-order chi connectivity index (χ0) is 9.69. The van der Waals surface area contributed by atoms with Crippen molar-refractivity contribution in [1.29, 1.82) is 0 Å². The van der Waals surface area contributed by atoms with Gasteiger partial charge in [0.25, 0.3) is 0 Å². The molecule has 1 aliphatic carbocycles. The predicted molar refractivity (Wildman–Crippen MR) is 34.4 cm³/mol. The Kier molecular flexibility index (Phi) is 1.45. The Hall–Kier alpha value is -1.11. The van der Waals surface area contributed by atoms with Crippen LogP contribution in [-0.4, -0.2) is 10.1 Å². The highest BCUT2D eigenvalue weighted by atomic mass is 19.4. The minimum absolute atomic E-state index is 0.0557. The molecule has 0 aromatic carbocycles. The van der Waals surface area contributed by atoms with Gasteiger partial charge in [0.15, 0.2) is 5.82 Å². The molecule has 1 aromatic heterocycles. The summed E-state index contributed by atoms with van der Waals surface area (Å²) in [6.45, 7) is 0. The highest BCUT2D eigenvalue weighted by Crippen LogP contribution is 2.41. The number of halogens is 3. The summed E-state index contributed by atoms with van der Waals surface area (Å²) in [5.74, 6) is -1.39. The van der Waals surface area contributed by atoms with Gasteiger partial charge in [-0.05, 0) is 12.8 Å². The van der Waals surface area contributed by atoms with Crippen LogP contribution in [0.3, 0.4) is 0 Å². The van der Waals surface area contributed by atoms with Crippen molar-refractivity contribution in [3.8, 4) is 0 Å². The van der Waals surface area contributed by atoms with Crippen LogP contribution in [0.25, 0.3) is 0 Å². The second kappa shape index (κ2) is 2.22. The lowest BCUT2D eigenvalue weighted by Crippen LogP contribution is -2.20. The van der Waals surface area contributed by atoms with Crippen molar-refractivity contribution in [1.82, 2.24) is 10.1 Å². The Labute approximate surface area is 70.9 Å². The van der Waals surface area contributed by atoms with Gasteiger partial charge >= 0.3 is 12.1 Å². The standard InChI is InChI=1S/C6H6F3N3O/c7-6(8,9)4-11-3(12-13-4)5(10)1-2-5/h1-2,10H2. The molecule has 1 heterocycles. The molecule has 2 N–H and O–H groups in total. The molecule has 0 spiro atoms. The maximum absolute atomic E-state index is 12.0. The first kappa shape index (κ1) is 8.49. The molecule has 0 atom stereocenters. The van der Waals surface area contributed by atoms with Gasteiger partial charge in [-0.3, -0.25) is 0 Å². The van der Waals surface area contributed by atoms with Crippen LogP contribution >= 0.6 is 0 Å². The summed E-state index contributed by atoms with van der Waals surface area (Å²) in [4.78, 5) is 3.19. The molecule has 13 heavy (non-hydrogen) atoms. The molecule has 72 valence electrons. The average Bonchev–Trinajstić information content (AvgIpc) is 2.60. The Bertz CT molecular complexity index is 308. The van der Waals surface area contributed by atoms with Crippen molar-refractivity contribution in [2.45, 2.75) is 24.6 Å². The minimum Gasteiger partial charge on any atom is -0.329 e. The van der Waals surface area contributed by atoms with Gasteiger partial charge in [0.05, 0.1) is 5.54 Å². The third-order valence-corrected chi connectivity index (χ3v) is 1.90. The SMILES string of the molecule is NC1(c2noc(C(F)(F)F)n2)CC1. The summed E-state index contributed by atoms with van der Waals surface area (Å²) in [5.41, 5.74) is 4.79. The molecule has 2 rings (SSSR count). The number of hydrogen-bond acceptors (Lipinski definition) is 4. The number of nitrogens with zero attached hydrogens (tertiary/aromatic N) is 2. The maximum atomic E-state index is 12.0. The van der Waals surface area contributed by atoms with Crippen molar-refractivity contribution < 1.29 is 17.7 Å². The van der Waals surface area contributed by atoms with E-state index in [0.717, 1.165) is 0 Å². The third-order valence-electron chi connectivity index (χ3n) is 1.90. The van der Waals surface area contributed by atoms with Crippen molar-refractivity contribution in [2.75, 3.05) is 0 Å². The summed E-state index contributed by atoms with van der Waals surface area (Å²) in [6, 6.07) is 0. The topological polar surface area (TPSA) is 64.9 Å². The molecule has 0 saturated heterocycles. The normalized spacial score (nSPS) is 20.3. The molecule has 0 bridgehead atoms. The van der Waals surface area contributed by atoms with Gasteiger partial charge in [0.1, 0.15) is 0 Å². The fourth-order valence-electron chi connectivity index (χ4n) is 0.899. The van der Waals surface area contributed by atoms with Gasteiger partial charge in [-0.2, -0.15) is 18.2 Å². The van der Waals surface area contributed by atoms with Crippen LogP contribution in [0.15, 0.2) is 4.52 Å². The smallest absolute Gasteiger partial charge is 0.329 e. The summed E-state index contributed by atoms with van der Waals surface area (Å²) in [6.07, 6.45) is -3.38. The monoisotopic (exact) mass is 193 g/mol. The largest absolute Gasteiger partial charge is 0.471 e. The number of hydrogen-bond donors (Lipinski definition) is 1. The number of rotatable bonds is 1. The van der Waals surface area contributed by atoms with Gasteiger partial charge in [-0.1, -0.05) is 5.16 Å². The van der Waals surface area contributed by atoms with E-state index in [0.29, 0.717) is 12.8 Å². The van der Waals surface area contributed by atoms with Crippen LogP contribution < -0.4 is 5.73 Å². The Morgan fingerprint density at radius 3 is 2.38 bits per heavy atom. The zero-order valence-corrected chi connectivity index (χ0v) is 6.43. The summed E-state index contributed by atoms with van der Waals surface area (Å²) >= 11 is 0. The number of alkyl halides is 3. The second-order valence-corrected chi connectivity index (χ2v) is 3.08. The molecule has 1 aliphatic rings. The molecule has 1 fully saturated rings. The van der Waals surface area contributed by atoms with Crippen molar-refractivity contribution in [3.05, 3.63) is 11.7 Å². The molecule has 7 heteroatoms. The first-order valence-electron chi connectivity index (χ1n) is 3.62. The van der Waals surface area contributed by atoms with Crippen LogP contribution in [-0.2, 0) is 11.7 Å². The third kappa shape index (κ3) is 1.39. The summed E-state index contributed by atoms with van der Waals surface area (Å²) < 4.78 is 39.9. The molecular weight excluding hydrogens is 187 g/mol. The fourth-order valence-corrected chi connectivity index (χ4v) is 0.899. The van der Waals surface area contributed by atoms with E-state index in [9.17, 15) is 13.2 Å². The second-order valence-electron chi connectivity index (χ2n) is 3.08. The van der Waals surface area contributed by atoms with Crippen molar-refractivity contribution >= 4 is 0 Å². The van der Waals surface area contributed by atoms with E-state index in [1.807, 2.05) is 0 Å². The zero-order valence-electron chi connectivity index (χ0n) is 6.43. The summed E-state index contributed by atoms with van der Waals surface area (Å²) in [7, 11) is 0. The van der Waals surface area contributed by atoms with Gasteiger partial charge < -0.3 is 10.3 Å². The van der Waals surface area contributed by atoms with Crippen molar-refractivity contribution in [2.24, 2.45) is 5.73 Å². The molecule has 4 nitrogen and oxygen atoms in total. The van der Waals surface area contributed by atoms with Crippen LogP contribution in [0.5, 0.6) is 0 Å². The highest BCUT2D eigenvalue weighted by Gasteiger charge is 2.47. The van der Waals surface area contributed by atoms with E-state index in [1.165, 1.54) is 0 Å². The Morgan fingerprint density at radius 1 is 1.38 bits per heavy atom. The molecule has 1 saturated carbocycles. The molecule has 0 amide bonds. The molecule has 0 aliphatic heterocycles. The minimum atomic E-state index is -4.59. The Morgan fingerprint density at radius 2 is 2.00 bits per heavy atom. The van der Waals surface area contributed by atoms with E-state index < -0.39 is 17.6 Å². The van der Waals surface area contributed by atoms with Gasteiger partial charge in [-0.15, -0.1) is 0 Å². The maximum Gasteiger partial charge on any atom is 0.471 e. The van der Waals surface area contributed by atoms with E-state index in [2.05, 4.69) is 14.7 Å². The van der Waals surface area contributed by atoms with E-state index in [1.54, 1.807) is 0 Å². The van der Waals surface area contributed by atoms with Crippen LogP contribution in [0.4, 0.5) is 13.2 Å². The number of nitrogens with two attached hydrogens (primary N) is 1. The first-order chi connectivity index (χ1) is 5.92. The van der Waals surface area contributed by atoms with E-state index in [4.69, 9.17) is 5.73 Å². The predicted octanol–water partition coefficient (Wildman–Crippen LogP) is 1.04. The quantitative estimate of drug-likeness (QED) is 0.723. The van der Waals surface area contributed by atoms with Gasteiger partial charge in [-0.25, -0.2) is 0 Å². The van der Waals surface area contributed by atoms with E-state index >= 15 is 0 Å². The summed E-state index contributed by atoms with van der Waals surface area (Å²) in [5, 5.41) is 3.19. The van der Waals surface area contributed by atoms with Crippen LogP contribution in [0, 0.1) is 0 Å². The molecule has 0 radical (unpaired) electrons. The highest BCUT2D eigenvalue weighted by molar-refractivity contribution is 5.13. The van der Waals surface area contributed by atoms with Gasteiger partial charge in [0, 0.05) is 0 Å². The van der Waals surface area contributed by atoms with E-state index in [-0.39, 0.29) is 5.82 Å². The van der Waals surface area contributed by atoms with Gasteiger partial charge in [0.2, 0.25) is 0 Å². The average molecular weight is 193 g/mol. The number of aromatic nitrogens is 2.